The molecular weight excluding hydrogens is 244 g/mol. The Morgan fingerprint density at radius 3 is 2.74 bits per heavy atom. The molecule has 2 rings (SSSR count). The van der Waals surface area contributed by atoms with Gasteiger partial charge in [0.15, 0.2) is 0 Å². The van der Waals surface area contributed by atoms with Gasteiger partial charge in [0, 0.05) is 25.2 Å². The summed E-state index contributed by atoms with van der Waals surface area (Å²) in [6.45, 7) is 0.204. The summed E-state index contributed by atoms with van der Waals surface area (Å²) in [5.74, 6) is 0.635. The first-order valence-corrected chi connectivity index (χ1v) is 6.01. The van der Waals surface area contributed by atoms with Crippen molar-refractivity contribution in [2.75, 3.05) is 6.61 Å². The number of benzene rings is 1. The van der Waals surface area contributed by atoms with Crippen LogP contribution < -0.4 is 4.74 Å². The van der Waals surface area contributed by atoms with Crippen LogP contribution in [0.5, 0.6) is 5.75 Å². The Bertz CT molecular complexity index is 534. The van der Waals surface area contributed by atoms with Gasteiger partial charge in [-0.2, -0.15) is 5.10 Å². The van der Waals surface area contributed by atoms with Crippen molar-refractivity contribution in [1.29, 1.82) is 0 Å². The van der Waals surface area contributed by atoms with E-state index < -0.39 is 6.10 Å². The zero-order valence-electron chi connectivity index (χ0n) is 10.7. The minimum absolute atomic E-state index is 0.204. The number of nitrogens with zero attached hydrogens (tertiary/aromatic N) is 2. The van der Waals surface area contributed by atoms with Crippen LogP contribution in [-0.4, -0.2) is 33.9 Å². The molecule has 0 amide bonds. The van der Waals surface area contributed by atoms with E-state index in [1.165, 1.54) is 0 Å². The molecular formula is C14H16N2O3. The lowest BCUT2D eigenvalue weighted by molar-refractivity contribution is 0.107. The third-order valence-electron chi connectivity index (χ3n) is 2.69. The van der Waals surface area contributed by atoms with Crippen LogP contribution in [0, 0.1) is 0 Å². The molecule has 0 aliphatic heterocycles. The zero-order chi connectivity index (χ0) is 13.7. The number of aryl methyl sites for hydroxylation is 1. The monoisotopic (exact) mass is 260 g/mol. The molecule has 0 saturated carbocycles. The first kappa shape index (κ1) is 13.3. The molecule has 0 fully saturated rings. The Morgan fingerprint density at radius 1 is 1.42 bits per heavy atom. The third kappa shape index (κ3) is 3.93. The van der Waals surface area contributed by atoms with Gasteiger partial charge in [-0.1, -0.05) is 0 Å². The van der Waals surface area contributed by atoms with E-state index >= 15 is 0 Å². The maximum absolute atomic E-state index is 10.5. The quantitative estimate of drug-likeness (QED) is 0.793. The summed E-state index contributed by atoms with van der Waals surface area (Å²) in [4.78, 5) is 10.5. The fourth-order valence-corrected chi connectivity index (χ4v) is 1.74. The fourth-order valence-electron chi connectivity index (χ4n) is 1.74. The third-order valence-corrected chi connectivity index (χ3v) is 2.69. The molecule has 100 valence electrons. The molecule has 0 spiro atoms. The largest absolute Gasteiger partial charge is 0.491 e. The van der Waals surface area contributed by atoms with Crippen molar-refractivity contribution in [3.8, 4) is 5.75 Å². The number of aliphatic hydroxyl groups is 1. The minimum atomic E-state index is -0.588. The summed E-state index contributed by atoms with van der Waals surface area (Å²) >= 11 is 0. The van der Waals surface area contributed by atoms with E-state index in [1.807, 2.05) is 13.2 Å². The van der Waals surface area contributed by atoms with Gasteiger partial charge in [0.25, 0.3) is 0 Å². The van der Waals surface area contributed by atoms with E-state index in [1.54, 1.807) is 35.1 Å². The highest BCUT2D eigenvalue weighted by Crippen LogP contribution is 2.12. The maximum atomic E-state index is 10.5. The summed E-state index contributed by atoms with van der Waals surface area (Å²) in [5, 5.41) is 13.9. The Kier molecular flexibility index (Phi) is 4.30. The predicted molar refractivity (Wildman–Crippen MR) is 70.2 cm³/mol. The Labute approximate surface area is 111 Å². The predicted octanol–water partition coefficient (Wildman–Crippen LogP) is 1.22. The van der Waals surface area contributed by atoms with Crippen LogP contribution in [0.3, 0.4) is 0 Å². The first-order chi connectivity index (χ1) is 9.17. The van der Waals surface area contributed by atoms with Crippen molar-refractivity contribution in [1.82, 2.24) is 9.78 Å². The van der Waals surface area contributed by atoms with E-state index in [9.17, 15) is 9.90 Å². The van der Waals surface area contributed by atoms with E-state index in [0.29, 0.717) is 17.7 Å². The zero-order valence-corrected chi connectivity index (χ0v) is 10.7. The molecule has 2 aromatic rings. The van der Waals surface area contributed by atoms with E-state index in [2.05, 4.69) is 5.10 Å². The highest BCUT2D eigenvalue weighted by Gasteiger charge is 2.08. The molecule has 1 atom stereocenters. The fraction of sp³-hybridized carbons (Fsp3) is 0.286. The molecule has 1 aromatic heterocycles. The summed E-state index contributed by atoms with van der Waals surface area (Å²) in [6, 6.07) is 6.77. The maximum Gasteiger partial charge on any atom is 0.150 e. The Balaban J connectivity index is 1.82. The second kappa shape index (κ2) is 6.15. The highest BCUT2D eigenvalue weighted by molar-refractivity contribution is 5.74. The van der Waals surface area contributed by atoms with Crippen LogP contribution in [0.25, 0.3) is 0 Å². The van der Waals surface area contributed by atoms with Gasteiger partial charge in [-0.25, -0.2) is 0 Å². The average Bonchev–Trinajstić information content (AvgIpc) is 2.82. The lowest BCUT2D eigenvalue weighted by Crippen LogP contribution is -2.19. The van der Waals surface area contributed by atoms with Crippen molar-refractivity contribution in [3.63, 3.8) is 0 Å². The van der Waals surface area contributed by atoms with Crippen molar-refractivity contribution in [2.45, 2.75) is 12.5 Å². The Morgan fingerprint density at radius 2 is 2.16 bits per heavy atom. The topological polar surface area (TPSA) is 64.3 Å². The number of aliphatic hydroxyl groups excluding tert-OH is 1. The van der Waals surface area contributed by atoms with Gasteiger partial charge in [0.2, 0.25) is 0 Å². The lowest BCUT2D eigenvalue weighted by Gasteiger charge is -2.11. The number of hydrogen-bond acceptors (Lipinski definition) is 4. The highest BCUT2D eigenvalue weighted by atomic mass is 16.5. The van der Waals surface area contributed by atoms with Crippen molar-refractivity contribution < 1.29 is 14.6 Å². The molecule has 1 N–H and O–H groups in total. The van der Waals surface area contributed by atoms with Gasteiger partial charge >= 0.3 is 0 Å². The first-order valence-electron chi connectivity index (χ1n) is 6.01. The van der Waals surface area contributed by atoms with Crippen LogP contribution in [0.1, 0.15) is 15.9 Å². The lowest BCUT2D eigenvalue weighted by atomic mass is 10.2. The average molecular weight is 260 g/mol. The summed E-state index contributed by atoms with van der Waals surface area (Å²) < 4.78 is 7.15. The van der Waals surface area contributed by atoms with Gasteiger partial charge in [-0.05, 0) is 29.8 Å². The number of carbonyl (C=O) groups is 1. The smallest absolute Gasteiger partial charge is 0.150 e. The van der Waals surface area contributed by atoms with Crippen LogP contribution in [-0.2, 0) is 13.5 Å². The minimum Gasteiger partial charge on any atom is -0.491 e. The van der Waals surface area contributed by atoms with E-state index in [0.717, 1.165) is 11.8 Å². The molecule has 0 bridgehead atoms. The van der Waals surface area contributed by atoms with E-state index in [4.69, 9.17) is 4.74 Å². The molecule has 5 nitrogen and oxygen atoms in total. The molecule has 0 aliphatic rings. The molecule has 1 heterocycles. The van der Waals surface area contributed by atoms with Gasteiger partial charge < -0.3 is 9.84 Å². The number of rotatable bonds is 6. The van der Waals surface area contributed by atoms with Crippen molar-refractivity contribution >= 4 is 6.29 Å². The van der Waals surface area contributed by atoms with Crippen molar-refractivity contribution in [2.24, 2.45) is 7.05 Å². The molecule has 0 radical (unpaired) electrons. The number of ether oxygens (including phenoxy) is 1. The number of aldehydes is 1. The van der Waals surface area contributed by atoms with E-state index in [-0.39, 0.29) is 6.61 Å². The molecule has 0 saturated heterocycles. The number of carbonyl (C=O) groups excluding carboxylic acids is 1. The molecule has 19 heavy (non-hydrogen) atoms. The van der Waals surface area contributed by atoms with Gasteiger partial charge in [0.05, 0.1) is 12.3 Å². The summed E-state index contributed by atoms with van der Waals surface area (Å²) in [6.07, 6.45) is 4.28. The molecule has 0 aliphatic carbocycles. The normalized spacial score (nSPS) is 12.1. The standard InChI is InChI=1S/C14H16N2O3/c1-16-8-12(7-15-16)6-13(18)10-19-14-4-2-11(9-17)3-5-14/h2-5,7-9,13,18H,6,10H2,1H3. The Hall–Kier alpha value is -2.14. The van der Waals surface area contributed by atoms with Crippen LogP contribution in [0.2, 0.25) is 0 Å². The molecule has 1 aromatic carbocycles. The summed E-state index contributed by atoms with van der Waals surface area (Å²) in [7, 11) is 1.83. The van der Waals surface area contributed by atoms with Crippen LogP contribution in [0.15, 0.2) is 36.7 Å². The van der Waals surface area contributed by atoms with Crippen molar-refractivity contribution in [3.05, 3.63) is 47.8 Å². The number of aromatic nitrogens is 2. The SMILES string of the molecule is Cn1cc(CC(O)COc2ccc(C=O)cc2)cn1. The second-order valence-corrected chi connectivity index (χ2v) is 4.38. The van der Waals surface area contributed by atoms with Gasteiger partial charge in [-0.3, -0.25) is 9.48 Å². The van der Waals surface area contributed by atoms with Gasteiger partial charge in [0.1, 0.15) is 18.6 Å². The second-order valence-electron chi connectivity index (χ2n) is 4.38. The number of hydrogen-bond donors (Lipinski definition) is 1. The van der Waals surface area contributed by atoms with Gasteiger partial charge in [-0.15, -0.1) is 0 Å². The molecule has 1 unspecified atom stereocenters. The summed E-state index contributed by atoms with van der Waals surface area (Å²) in [5.41, 5.74) is 1.57. The van der Waals surface area contributed by atoms with Crippen LogP contribution in [0.4, 0.5) is 0 Å². The molecule has 5 heteroatoms. The van der Waals surface area contributed by atoms with Crippen LogP contribution >= 0.6 is 0 Å².